The summed E-state index contributed by atoms with van der Waals surface area (Å²) < 4.78 is 15.0. The molecular weight excluding hydrogens is 188 g/mol. The highest BCUT2D eigenvalue weighted by Crippen LogP contribution is 2.06. The van der Waals surface area contributed by atoms with Gasteiger partial charge in [-0.05, 0) is 6.42 Å². The highest BCUT2D eigenvalue weighted by molar-refractivity contribution is 9.09. The molecule has 1 heterocycles. The van der Waals surface area contributed by atoms with E-state index in [1.165, 1.54) is 0 Å². The average Bonchev–Trinajstić information content (AvgIpc) is 1.91. The summed E-state index contributed by atoms with van der Waals surface area (Å²) in [5.41, 5.74) is 0.456. The smallest absolute Gasteiger partial charge is 0.272 e. The van der Waals surface area contributed by atoms with Gasteiger partial charge in [0.25, 0.3) is 6.48 Å². The third-order valence-corrected chi connectivity index (χ3v) is 1.26. The number of hydrogen-bond donors (Lipinski definition) is 0. The van der Waals surface area contributed by atoms with Crippen molar-refractivity contribution < 1.29 is 14.2 Å². The van der Waals surface area contributed by atoms with Crippen LogP contribution in [-0.2, 0) is 14.2 Å². The molecule has 4 heteroatoms. The first-order chi connectivity index (χ1) is 4.43. The Kier molecular flexibility index (Phi) is 3.50. The Labute approximate surface area is 62.4 Å². The Balaban J connectivity index is 2.08. The molecule has 0 aliphatic carbocycles. The number of rotatable bonds is 2. The minimum atomic E-state index is -0.446. The third kappa shape index (κ3) is 2.62. The Morgan fingerprint density at radius 3 is 2.67 bits per heavy atom. The minimum Gasteiger partial charge on any atom is -0.330 e. The van der Waals surface area contributed by atoms with Crippen molar-refractivity contribution in [1.29, 1.82) is 0 Å². The molecule has 54 valence electrons. The second kappa shape index (κ2) is 4.22. The van der Waals surface area contributed by atoms with Crippen LogP contribution in [0.3, 0.4) is 0 Å². The van der Waals surface area contributed by atoms with Gasteiger partial charge in [-0.3, -0.25) is 0 Å². The second-order valence-electron chi connectivity index (χ2n) is 1.66. The lowest BCUT2D eigenvalue weighted by Gasteiger charge is -2.21. The molecule has 1 fully saturated rings. The zero-order valence-corrected chi connectivity index (χ0v) is 6.59. The first-order valence-electron chi connectivity index (χ1n) is 2.84. The molecule has 0 N–H and O–H groups in total. The van der Waals surface area contributed by atoms with Crippen LogP contribution in [0, 0.1) is 0 Å². The van der Waals surface area contributed by atoms with Crippen LogP contribution in [0.5, 0.6) is 0 Å². The van der Waals surface area contributed by atoms with Crippen LogP contribution in [0.15, 0.2) is 0 Å². The van der Waals surface area contributed by atoms with E-state index in [0.717, 1.165) is 19.6 Å². The van der Waals surface area contributed by atoms with Gasteiger partial charge in [0.2, 0.25) is 0 Å². The standard InChI is InChI=1S/C5H9BrO3/c6-4-9-5-7-2-1-3-8-5/h5H,1-4H2. The molecule has 1 saturated heterocycles. The van der Waals surface area contributed by atoms with Crippen LogP contribution in [-0.4, -0.2) is 25.2 Å². The van der Waals surface area contributed by atoms with Gasteiger partial charge in [-0.25, -0.2) is 0 Å². The summed E-state index contributed by atoms with van der Waals surface area (Å²) >= 11 is 3.10. The predicted molar refractivity (Wildman–Crippen MR) is 35.2 cm³/mol. The molecule has 0 saturated carbocycles. The molecule has 1 aliphatic rings. The highest BCUT2D eigenvalue weighted by atomic mass is 79.9. The van der Waals surface area contributed by atoms with Crippen molar-refractivity contribution >= 4 is 15.9 Å². The fraction of sp³-hybridized carbons (Fsp3) is 1.00. The van der Waals surface area contributed by atoms with Crippen LogP contribution < -0.4 is 0 Å². The van der Waals surface area contributed by atoms with Crippen LogP contribution in [0.2, 0.25) is 0 Å². The van der Waals surface area contributed by atoms with Crippen molar-refractivity contribution in [2.45, 2.75) is 12.9 Å². The zero-order chi connectivity index (χ0) is 6.53. The Morgan fingerprint density at radius 2 is 2.11 bits per heavy atom. The fourth-order valence-corrected chi connectivity index (χ4v) is 0.830. The van der Waals surface area contributed by atoms with Gasteiger partial charge in [0.15, 0.2) is 0 Å². The van der Waals surface area contributed by atoms with Gasteiger partial charge in [-0.2, -0.15) is 0 Å². The van der Waals surface area contributed by atoms with Gasteiger partial charge < -0.3 is 14.2 Å². The van der Waals surface area contributed by atoms with Crippen LogP contribution in [0.1, 0.15) is 6.42 Å². The molecule has 0 aromatic carbocycles. The van der Waals surface area contributed by atoms with Crippen LogP contribution in [0.25, 0.3) is 0 Å². The van der Waals surface area contributed by atoms with Gasteiger partial charge in [0.1, 0.15) is 5.52 Å². The van der Waals surface area contributed by atoms with Gasteiger partial charge in [0, 0.05) is 0 Å². The van der Waals surface area contributed by atoms with E-state index in [4.69, 9.17) is 14.2 Å². The topological polar surface area (TPSA) is 27.7 Å². The first kappa shape index (κ1) is 7.47. The molecule has 0 unspecified atom stereocenters. The van der Waals surface area contributed by atoms with E-state index < -0.39 is 6.48 Å². The van der Waals surface area contributed by atoms with E-state index in [9.17, 15) is 0 Å². The van der Waals surface area contributed by atoms with E-state index in [0.29, 0.717) is 5.52 Å². The molecule has 3 nitrogen and oxygen atoms in total. The molecule has 0 radical (unpaired) electrons. The van der Waals surface area contributed by atoms with Crippen molar-refractivity contribution in [3.05, 3.63) is 0 Å². The van der Waals surface area contributed by atoms with Crippen molar-refractivity contribution in [3.63, 3.8) is 0 Å². The largest absolute Gasteiger partial charge is 0.330 e. The summed E-state index contributed by atoms with van der Waals surface area (Å²) in [4.78, 5) is 0. The summed E-state index contributed by atoms with van der Waals surface area (Å²) in [6.45, 7) is 1.02. The van der Waals surface area contributed by atoms with E-state index in [-0.39, 0.29) is 0 Å². The van der Waals surface area contributed by atoms with Crippen LogP contribution >= 0.6 is 15.9 Å². The van der Waals surface area contributed by atoms with Crippen molar-refractivity contribution in [2.24, 2.45) is 0 Å². The van der Waals surface area contributed by atoms with Gasteiger partial charge >= 0.3 is 0 Å². The zero-order valence-electron chi connectivity index (χ0n) is 5.01. The van der Waals surface area contributed by atoms with Gasteiger partial charge in [-0.1, -0.05) is 15.9 Å². The molecular formula is C5H9BrO3. The van der Waals surface area contributed by atoms with Gasteiger partial charge in [-0.15, -0.1) is 0 Å². The summed E-state index contributed by atoms with van der Waals surface area (Å²) in [6, 6.07) is 0. The number of ether oxygens (including phenoxy) is 3. The highest BCUT2D eigenvalue weighted by Gasteiger charge is 2.12. The maximum Gasteiger partial charge on any atom is 0.272 e. The molecule has 0 atom stereocenters. The molecule has 0 aromatic heterocycles. The number of halogens is 1. The third-order valence-electron chi connectivity index (χ3n) is 0.996. The lowest BCUT2D eigenvalue weighted by Crippen LogP contribution is -2.26. The van der Waals surface area contributed by atoms with Gasteiger partial charge in [0.05, 0.1) is 13.2 Å². The molecule has 1 aliphatic heterocycles. The lowest BCUT2D eigenvalue weighted by molar-refractivity contribution is -0.302. The van der Waals surface area contributed by atoms with Crippen molar-refractivity contribution in [2.75, 3.05) is 18.7 Å². The molecule has 9 heavy (non-hydrogen) atoms. The summed E-state index contributed by atoms with van der Waals surface area (Å²) in [6.07, 6.45) is 0.960. The molecule has 0 spiro atoms. The minimum absolute atomic E-state index is 0.446. The van der Waals surface area contributed by atoms with Crippen LogP contribution in [0.4, 0.5) is 0 Å². The van der Waals surface area contributed by atoms with Crippen molar-refractivity contribution in [3.8, 4) is 0 Å². The van der Waals surface area contributed by atoms with E-state index >= 15 is 0 Å². The number of alkyl halides is 1. The summed E-state index contributed by atoms with van der Waals surface area (Å²) in [7, 11) is 0. The van der Waals surface area contributed by atoms with Crippen molar-refractivity contribution in [1.82, 2.24) is 0 Å². The first-order valence-corrected chi connectivity index (χ1v) is 3.96. The average molecular weight is 197 g/mol. The predicted octanol–water partition coefficient (Wildman–Crippen LogP) is 1.08. The number of hydrogen-bond acceptors (Lipinski definition) is 3. The fourth-order valence-electron chi connectivity index (χ4n) is 0.614. The normalized spacial score (nSPS) is 22.3. The Hall–Kier alpha value is 0.360. The Morgan fingerprint density at radius 1 is 1.44 bits per heavy atom. The van der Waals surface area contributed by atoms with E-state index in [1.54, 1.807) is 0 Å². The summed E-state index contributed by atoms with van der Waals surface area (Å²) in [5, 5.41) is 0. The molecule has 0 amide bonds. The maximum absolute atomic E-state index is 5.04. The quantitative estimate of drug-likeness (QED) is 0.620. The molecule has 1 rings (SSSR count). The van der Waals surface area contributed by atoms with E-state index in [1.807, 2.05) is 0 Å². The SMILES string of the molecule is BrCOC1OCCCO1. The maximum atomic E-state index is 5.04. The van der Waals surface area contributed by atoms with E-state index in [2.05, 4.69) is 15.9 Å². The molecule has 0 bridgehead atoms. The molecule has 0 aromatic rings. The monoisotopic (exact) mass is 196 g/mol. The Bertz CT molecular complexity index is 69.8. The second-order valence-corrected chi connectivity index (χ2v) is 2.12. The summed E-state index contributed by atoms with van der Waals surface area (Å²) in [5.74, 6) is 0. The lowest BCUT2D eigenvalue weighted by atomic mass is 10.5.